The van der Waals surface area contributed by atoms with Crippen molar-refractivity contribution in [2.75, 3.05) is 0 Å². The molecule has 2 heteroatoms. The summed E-state index contributed by atoms with van der Waals surface area (Å²) in [4.78, 5) is 11.1. The summed E-state index contributed by atoms with van der Waals surface area (Å²) in [7, 11) is 0. The molecule has 0 amide bonds. The first-order valence-corrected chi connectivity index (χ1v) is 3.89. The number of rotatable bonds is 1. The normalized spacial score (nSPS) is 35.6. The fraction of sp³-hybridized carbons (Fsp3) is 0.857. The monoisotopic (exact) mass is 144 g/mol. The van der Waals surface area contributed by atoms with Crippen LogP contribution in [0.5, 0.6) is 0 Å². The highest BCUT2D eigenvalue weighted by Crippen LogP contribution is 2.34. The van der Waals surface area contributed by atoms with Crippen LogP contribution in [0.1, 0.15) is 32.6 Å². The van der Waals surface area contributed by atoms with Gasteiger partial charge in [-0.3, -0.25) is 4.79 Å². The van der Waals surface area contributed by atoms with Gasteiger partial charge in [0.25, 0.3) is 0 Å². The number of hydrogen-bond donors (Lipinski definition) is 1. The molecule has 0 saturated heterocycles. The van der Waals surface area contributed by atoms with Crippen molar-refractivity contribution in [2.45, 2.75) is 37.4 Å². The van der Waals surface area contributed by atoms with Gasteiger partial charge in [0, 0.05) is 6.42 Å². The zero-order valence-corrected chi connectivity index (χ0v) is 6.58. The maximum absolute atomic E-state index is 11.1. The molecule has 0 N–H and O–H groups in total. The Morgan fingerprint density at radius 2 is 2.44 bits per heavy atom. The molecule has 0 radical (unpaired) electrons. The van der Waals surface area contributed by atoms with Gasteiger partial charge in [-0.05, 0) is 19.3 Å². The summed E-state index contributed by atoms with van der Waals surface area (Å²) in [6, 6.07) is 0. The molecule has 0 aromatic heterocycles. The molecule has 0 spiro atoms. The SMILES string of the molecule is CCC1(S)CCCC1=O. The van der Waals surface area contributed by atoms with Crippen LogP contribution in [0.4, 0.5) is 0 Å². The van der Waals surface area contributed by atoms with Gasteiger partial charge < -0.3 is 0 Å². The van der Waals surface area contributed by atoms with E-state index in [1.165, 1.54) is 0 Å². The van der Waals surface area contributed by atoms with Gasteiger partial charge in [-0.2, -0.15) is 12.6 Å². The van der Waals surface area contributed by atoms with Crippen LogP contribution in [0.3, 0.4) is 0 Å². The zero-order chi connectivity index (χ0) is 6.91. The van der Waals surface area contributed by atoms with Gasteiger partial charge in [0.15, 0.2) is 0 Å². The Kier molecular flexibility index (Phi) is 1.85. The van der Waals surface area contributed by atoms with Crippen LogP contribution in [0, 0.1) is 0 Å². The largest absolute Gasteiger partial charge is 0.298 e. The molecule has 1 unspecified atom stereocenters. The third-order valence-electron chi connectivity index (χ3n) is 2.10. The second kappa shape index (κ2) is 2.33. The molecule has 1 saturated carbocycles. The Morgan fingerprint density at radius 1 is 1.78 bits per heavy atom. The molecule has 1 nitrogen and oxygen atoms in total. The van der Waals surface area contributed by atoms with Gasteiger partial charge in [-0.15, -0.1) is 0 Å². The predicted octanol–water partition coefficient (Wildman–Crippen LogP) is 1.82. The van der Waals surface area contributed by atoms with Crippen LogP contribution in [0.25, 0.3) is 0 Å². The van der Waals surface area contributed by atoms with Crippen LogP contribution in [0.2, 0.25) is 0 Å². The molecule has 1 fully saturated rings. The van der Waals surface area contributed by atoms with E-state index in [-0.39, 0.29) is 4.75 Å². The summed E-state index contributed by atoms with van der Waals surface area (Å²) in [5.41, 5.74) is 0. The molecular weight excluding hydrogens is 132 g/mol. The van der Waals surface area contributed by atoms with E-state index in [1.54, 1.807) is 0 Å². The average Bonchev–Trinajstić information content (AvgIpc) is 2.15. The number of thiol groups is 1. The molecule has 1 aliphatic rings. The number of carbonyl (C=O) groups excluding carboxylic acids is 1. The molecule has 0 aliphatic heterocycles. The van der Waals surface area contributed by atoms with Crippen molar-refractivity contribution in [1.82, 2.24) is 0 Å². The van der Waals surface area contributed by atoms with E-state index in [2.05, 4.69) is 12.6 Å². The maximum Gasteiger partial charge on any atom is 0.148 e. The minimum atomic E-state index is -0.250. The summed E-state index contributed by atoms with van der Waals surface area (Å²) in [6.07, 6.45) is 3.65. The van der Waals surface area contributed by atoms with Crippen molar-refractivity contribution in [2.24, 2.45) is 0 Å². The molecular formula is C7H12OS. The fourth-order valence-corrected chi connectivity index (χ4v) is 1.56. The highest BCUT2D eigenvalue weighted by atomic mass is 32.1. The Balaban J connectivity index is 2.67. The molecule has 0 heterocycles. The maximum atomic E-state index is 11.1. The smallest absolute Gasteiger partial charge is 0.148 e. The van der Waals surface area contributed by atoms with Gasteiger partial charge in [0.2, 0.25) is 0 Å². The second-order valence-corrected chi connectivity index (χ2v) is 3.52. The summed E-state index contributed by atoms with van der Waals surface area (Å²) in [5.74, 6) is 0.341. The third-order valence-corrected chi connectivity index (χ3v) is 2.89. The Bertz CT molecular complexity index is 133. The molecule has 1 aliphatic carbocycles. The molecule has 9 heavy (non-hydrogen) atoms. The van der Waals surface area contributed by atoms with Gasteiger partial charge in [-0.25, -0.2) is 0 Å². The molecule has 0 aromatic carbocycles. The van der Waals surface area contributed by atoms with E-state index in [0.29, 0.717) is 5.78 Å². The minimum Gasteiger partial charge on any atom is -0.298 e. The van der Waals surface area contributed by atoms with Crippen molar-refractivity contribution in [3.63, 3.8) is 0 Å². The van der Waals surface area contributed by atoms with E-state index in [1.807, 2.05) is 6.92 Å². The predicted molar refractivity (Wildman–Crippen MR) is 40.9 cm³/mol. The van der Waals surface area contributed by atoms with Gasteiger partial charge >= 0.3 is 0 Å². The van der Waals surface area contributed by atoms with E-state index in [9.17, 15) is 4.79 Å². The van der Waals surface area contributed by atoms with E-state index < -0.39 is 0 Å². The number of carbonyl (C=O) groups is 1. The first-order chi connectivity index (χ1) is 4.19. The zero-order valence-electron chi connectivity index (χ0n) is 5.68. The molecule has 1 rings (SSSR count). The summed E-state index contributed by atoms with van der Waals surface area (Å²) >= 11 is 4.33. The highest BCUT2D eigenvalue weighted by Gasteiger charge is 2.36. The Morgan fingerprint density at radius 3 is 2.67 bits per heavy atom. The van der Waals surface area contributed by atoms with Crippen molar-refractivity contribution in [3.8, 4) is 0 Å². The first-order valence-electron chi connectivity index (χ1n) is 3.45. The quantitative estimate of drug-likeness (QED) is 0.555. The first kappa shape index (κ1) is 7.13. The van der Waals surface area contributed by atoms with Crippen molar-refractivity contribution < 1.29 is 4.79 Å². The lowest BCUT2D eigenvalue weighted by molar-refractivity contribution is -0.119. The summed E-state index contributed by atoms with van der Waals surface area (Å²) < 4.78 is -0.250. The van der Waals surface area contributed by atoms with Crippen molar-refractivity contribution in [1.29, 1.82) is 0 Å². The lowest BCUT2D eigenvalue weighted by Crippen LogP contribution is -2.24. The third kappa shape index (κ3) is 1.13. The standard InChI is InChI=1S/C7H12OS/c1-2-7(9)5-3-4-6(7)8/h9H,2-5H2,1H3. The number of Topliss-reactive ketones (excluding diaryl/α,β-unsaturated/α-hetero) is 1. The van der Waals surface area contributed by atoms with E-state index in [0.717, 1.165) is 25.7 Å². The Labute approximate surface area is 61.2 Å². The minimum absolute atomic E-state index is 0.250. The topological polar surface area (TPSA) is 17.1 Å². The van der Waals surface area contributed by atoms with Crippen LogP contribution >= 0.6 is 12.6 Å². The average molecular weight is 144 g/mol. The van der Waals surface area contributed by atoms with Gasteiger partial charge in [0.1, 0.15) is 5.78 Å². The number of hydrogen-bond acceptors (Lipinski definition) is 2. The fourth-order valence-electron chi connectivity index (χ4n) is 1.29. The van der Waals surface area contributed by atoms with Gasteiger partial charge in [0.05, 0.1) is 4.75 Å². The van der Waals surface area contributed by atoms with Crippen LogP contribution in [-0.2, 0) is 4.79 Å². The summed E-state index contributed by atoms with van der Waals surface area (Å²) in [5, 5.41) is 0. The van der Waals surface area contributed by atoms with Crippen LogP contribution in [-0.4, -0.2) is 10.5 Å². The van der Waals surface area contributed by atoms with Gasteiger partial charge in [-0.1, -0.05) is 6.92 Å². The lowest BCUT2D eigenvalue weighted by Gasteiger charge is -2.16. The van der Waals surface area contributed by atoms with E-state index >= 15 is 0 Å². The second-order valence-electron chi connectivity index (χ2n) is 2.66. The van der Waals surface area contributed by atoms with Crippen molar-refractivity contribution >= 4 is 18.4 Å². The molecule has 0 aromatic rings. The van der Waals surface area contributed by atoms with E-state index in [4.69, 9.17) is 0 Å². The molecule has 52 valence electrons. The highest BCUT2D eigenvalue weighted by molar-refractivity contribution is 7.82. The summed E-state index contributed by atoms with van der Waals surface area (Å²) in [6.45, 7) is 2.02. The lowest BCUT2D eigenvalue weighted by atomic mass is 10.0. The Hall–Kier alpha value is 0.0200. The number of ketones is 1. The molecule has 1 atom stereocenters. The molecule has 0 bridgehead atoms. The van der Waals surface area contributed by atoms with Crippen LogP contribution in [0.15, 0.2) is 0 Å². The van der Waals surface area contributed by atoms with Crippen LogP contribution < -0.4 is 0 Å². The van der Waals surface area contributed by atoms with Crippen molar-refractivity contribution in [3.05, 3.63) is 0 Å².